The molecule has 2 fully saturated rings. The molecule has 40 heavy (non-hydrogen) atoms. The predicted molar refractivity (Wildman–Crippen MR) is 144 cm³/mol. The van der Waals surface area contributed by atoms with Crippen LogP contribution in [0.2, 0.25) is 0 Å². The first-order valence-corrected chi connectivity index (χ1v) is 13.9. The van der Waals surface area contributed by atoms with E-state index in [2.05, 4.69) is 15.6 Å². The van der Waals surface area contributed by atoms with E-state index in [1.807, 2.05) is 42.5 Å². The fourth-order valence-corrected chi connectivity index (χ4v) is 5.63. The molecule has 2 heterocycles. The van der Waals surface area contributed by atoms with Crippen molar-refractivity contribution in [2.45, 2.75) is 75.9 Å². The Bertz CT molecular complexity index is 1320. The highest BCUT2D eigenvalue weighted by Crippen LogP contribution is 2.36. The van der Waals surface area contributed by atoms with Crippen molar-refractivity contribution < 1.29 is 27.6 Å². The van der Waals surface area contributed by atoms with Gasteiger partial charge in [-0.15, -0.1) is 0 Å². The van der Waals surface area contributed by atoms with Gasteiger partial charge in [0.1, 0.15) is 17.6 Å². The highest BCUT2D eigenvalue weighted by atomic mass is 19.3. The van der Waals surface area contributed by atoms with E-state index < -0.39 is 35.7 Å². The minimum Gasteiger partial charge on any atom is -0.438 e. The third-order valence-electron chi connectivity index (χ3n) is 7.90. The molecule has 0 spiro atoms. The molecule has 1 saturated heterocycles. The minimum absolute atomic E-state index is 0.0304. The number of halogens is 2. The average molecular weight is 553 g/mol. The quantitative estimate of drug-likeness (QED) is 0.406. The Morgan fingerprint density at radius 3 is 2.45 bits per heavy atom. The van der Waals surface area contributed by atoms with E-state index in [1.165, 1.54) is 0 Å². The lowest BCUT2D eigenvalue weighted by molar-refractivity contribution is -0.138. The summed E-state index contributed by atoms with van der Waals surface area (Å²) in [4.78, 5) is 46.3. The van der Waals surface area contributed by atoms with Gasteiger partial charge in [-0.2, -0.15) is 0 Å². The minimum atomic E-state index is -2.78. The molecule has 3 amide bonds. The van der Waals surface area contributed by atoms with Crippen molar-refractivity contribution >= 4 is 28.8 Å². The lowest BCUT2D eigenvalue weighted by Gasteiger charge is -2.30. The van der Waals surface area contributed by atoms with Gasteiger partial charge < -0.3 is 20.0 Å². The van der Waals surface area contributed by atoms with E-state index in [0.717, 1.165) is 18.4 Å². The molecule has 5 rings (SSSR count). The summed E-state index contributed by atoms with van der Waals surface area (Å²) in [6, 6.07) is 15.0. The molecule has 0 unspecified atom stereocenters. The molecule has 1 aliphatic carbocycles. The zero-order valence-electron chi connectivity index (χ0n) is 22.4. The molecule has 1 saturated carbocycles. The second-order valence-electron chi connectivity index (χ2n) is 10.8. The zero-order valence-corrected chi connectivity index (χ0v) is 22.4. The van der Waals surface area contributed by atoms with Gasteiger partial charge in [0, 0.05) is 25.3 Å². The maximum atomic E-state index is 13.7. The summed E-state index contributed by atoms with van der Waals surface area (Å²) in [5, 5.41) is 5.53. The van der Waals surface area contributed by atoms with Crippen molar-refractivity contribution in [1.29, 1.82) is 0 Å². The molecular weight excluding hydrogens is 518 g/mol. The molecule has 212 valence electrons. The third kappa shape index (κ3) is 6.32. The van der Waals surface area contributed by atoms with Crippen LogP contribution < -0.4 is 10.6 Å². The maximum absolute atomic E-state index is 13.7. The number of oxazole rings is 1. The number of para-hydroxylation sites is 2. The fourth-order valence-electron chi connectivity index (χ4n) is 5.63. The van der Waals surface area contributed by atoms with Gasteiger partial charge >= 0.3 is 0 Å². The number of fused-ring (bicyclic) bond motifs is 1. The van der Waals surface area contributed by atoms with Crippen LogP contribution in [0.4, 0.5) is 8.78 Å². The maximum Gasteiger partial charge on any atom is 0.248 e. The standard InChI is InChI=1S/C30H34F2N4O4/c1-19(29-35-22-10-5-6-12-25(22)40-29)33-28(39)23(34-27(38)21-13-15-30(31,32)16-14-21)18-26(37)36-17-7-11-24(36)20-8-3-2-4-9-20/h2-6,8-10,12,19,21,23-24H,7,11,13-18H2,1H3,(H,33,39)(H,34,38)/t19-,23-,24+/m0/s1. The normalized spacial score (nSPS) is 20.7. The van der Waals surface area contributed by atoms with Crippen molar-refractivity contribution in [3.05, 3.63) is 66.1 Å². The van der Waals surface area contributed by atoms with Crippen molar-refractivity contribution in [3.63, 3.8) is 0 Å². The van der Waals surface area contributed by atoms with Crippen molar-refractivity contribution in [3.8, 4) is 0 Å². The van der Waals surface area contributed by atoms with Crippen LogP contribution in [-0.4, -0.2) is 46.1 Å². The molecule has 2 N–H and O–H groups in total. The lowest BCUT2D eigenvalue weighted by atomic mass is 9.86. The summed E-state index contributed by atoms with van der Waals surface area (Å²) in [7, 11) is 0. The molecule has 2 aliphatic rings. The van der Waals surface area contributed by atoms with E-state index in [4.69, 9.17) is 4.42 Å². The number of nitrogens with zero attached hydrogens (tertiary/aromatic N) is 2. The number of benzene rings is 2. The summed E-state index contributed by atoms with van der Waals surface area (Å²) in [5.41, 5.74) is 2.24. The first-order chi connectivity index (χ1) is 19.2. The summed E-state index contributed by atoms with van der Waals surface area (Å²) in [5.74, 6) is -4.42. The number of likely N-dealkylation sites (tertiary alicyclic amines) is 1. The number of hydrogen-bond acceptors (Lipinski definition) is 5. The van der Waals surface area contributed by atoms with Crippen LogP contribution in [0, 0.1) is 5.92 Å². The lowest BCUT2D eigenvalue weighted by Crippen LogP contribution is -2.51. The largest absolute Gasteiger partial charge is 0.438 e. The van der Waals surface area contributed by atoms with Gasteiger partial charge in [-0.05, 0) is 50.3 Å². The van der Waals surface area contributed by atoms with Crippen LogP contribution in [0.15, 0.2) is 59.0 Å². The first-order valence-electron chi connectivity index (χ1n) is 13.9. The van der Waals surface area contributed by atoms with Crippen molar-refractivity contribution in [1.82, 2.24) is 20.5 Å². The van der Waals surface area contributed by atoms with Gasteiger partial charge in [-0.1, -0.05) is 42.5 Å². The predicted octanol–water partition coefficient (Wildman–Crippen LogP) is 5.07. The van der Waals surface area contributed by atoms with Crippen LogP contribution in [0.25, 0.3) is 11.1 Å². The Kier molecular flexibility index (Phi) is 8.14. The number of aromatic nitrogens is 1. The molecule has 3 aromatic rings. The molecular formula is C30H34F2N4O4. The summed E-state index contributed by atoms with van der Waals surface area (Å²) in [6.45, 7) is 2.26. The van der Waals surface area contributed by atoms with E-state index >= 15 is 0 Å². The summed E-state index contributed by atoms with van der Waals surface area (Å²) >= 11 is 0. The topological polar surface area (TPSA) is 105 Å². The fraction of sp³-hybridized carbons (Fsp3) is 0.467. The molecule has 0 radical (unpaired) electrons. The number of hydrogen-bond donors (Lipinski definition) is 2. The molecule has 0 bridgehead atoms. The summed E-state index contributed by atoms with van der Waals surface area (Å²) < 4.78 is 33.1. The van der Waals surface area contributed by atoms with E-state index in [1.54, 1.807) is 24.0 Å². The van der Waals surface area contributed by atoms with Gasteiger partial charge in [0.15, 0.2) is 5.58 Å². The molecule has 2 aromatic carbocycles. The van der Waals surface area contributed by atoms with Gasteiger partial charge in [0.05, 0.1) is 12.5 Å². The zero-order chi connectivity index (χ0) is 28.3. The van der Waals surface area contributed by atoms with Gasteiger partial charge in [0.2, 0.25) is 29.5 Å². The Morgan fingerprint density at radius 1 is 1.02 bits per heavy atom. The number of carbonyl (C=O) groups excluding carboxylic acids is 3. The number of alkyl halides is 2. The highest BCUT2D eigenvalue weighted by Gasteiger charge is 2.39. The average Bonchev–Trinajstić information content (AvgIpc) is 3.61. The monoisotopic (exact) mass is 552 g/mol. The molecule has 10 heteroatoms. The van der Waals surface area contributed by atoms with Crippen LogP contribution in [-0.2, 0) is 14.4 Å². The molecule has 8 nitrogen and oxygen atoms in total. The first kappa shape index (κ1) is 27.7. The highest BCUT2D eigenvalue weighted by molar-refractivity contribution is 5.93. The van der Waals surface area contributed by atoms with Crippen LogP contribution in [0.1, 0.15) is 75.4 Å². The Labute approximate surface area is 231 Å². The van der Waals surface area contributed by atoms with Gasteiger partial charge in [-0.3, -0.25) is 14.4 Å². The molecule has 3 atom stereocenters. The van der Waals surface area contributed by atoms with Crippen LogP contribution in [0.5, 0.6) is 0 Å². The Balaban J connectivity index is 1.31. The number of carbonyl (C=O) groups is 3. The van der Waals surface area contributed by atoms with Crippen molar-refractivity contribution in [2.24, 2.45) is 5.92 Å². The van der Waals surface area contributed by atoms with Crippen molar-refractivity contribution in [2.75, 3.05) is 6.54 Å². The van der Waals surface area contributed by atoms with E-state index in [-0.39, 0.29) is 44.1 Å². The Hall–Kier alpha value is -3.82. The summed E-state index contributed by atoms with van der Waals surface area (Å²) in [6.07, 6.45) is 0.712. The van der Waals surface area contributed by atoms with E-state index in [0.29, 0.717) is 23.5 Å². The van der Waals surface area contributed by atoms with E-state index in [9.17, 15) is 23.2 Å². The number of nitrogens with one attached hydrogen (secondary N) is 2. The smallest absolute Gasteiger partial charge is 0.248 e. The number of amides is 3. The number of rotatable bonds is 8. The molecule has 1 aromatic heterocycles. The third-order valence-corrected chi connectivity index (χ3v) is 7.90. The second kappa shape index (κ2) is 11.7. The van der Waals surface area contributed by atoms with Crippen LogP contribution >= 0.6 is 0 Å². The van der Waals surface area contributed by atoms with Crippen LogP contribution in [0.3, 0.4) is 0 Å². The molecule has 1 aliphatic heterocycles. The second-order valence-corrected chi connectivity index (χ2v) is 10.8. The SMILES string of the molecule is C[C@H](NC(=O)[C@H](CC(=O)N1CCC[C@@H]1c1ccccc1)NC(=O)C1CCC(F)(F)CC1)c1nc2ccccc2o1. The Morgan fingerprint density at radius 2 is 1.73 bits per heavy atom. The van der Waals surface area contributed by atoms with Gasteiger partial charge in [0.25, 0.3) is 0 Å². The van der Waals surface area contributed by atoms with Gasteiger partial charge in [-0.25, -0.2) is 13.8 Å².